The van der Waals surface area contributed by atoms with Crippen LogP contribution in [-0.4, -0.2) is 29.1 Å². The fourth-order valence-corrected chi connectivity index (χ4v) is 3.64. The smallest absolute Gasteiger partial charge is 0.268 e. The van der Waals surface area contributed by atoms with E-state index in [-0.39, 0.29) is 5.91 Å². The molecule has 5 nitrogen and oxygen atoms in total. The molecule has 24 heavy (non-hydrogen) atoms. The molecule has 0 bridgehead atoms. The van der Waals surface area contributed by atoms with Gasteiger partial charge in [-0.25, -0.2) is 4.98 Å². The van der Waals surface area contributed by atoms with Crippen molar-refractivity contribution < 1.29 is 4.79 Å². The number of pyridine rings is 1. The topological polar surface area (TPSA) is 59.0 Å². The minimum Gasteiger partial charge on any atom is -0.373 e. The van der Waals surface area contributed by atoms with Gasteiger partial charge in [0.25, 0.3) is 5.91 Å². The average molecular weight is 341 g/mol. The normalized spacial score (nSPS) is 13.7. The van der Waals surface area contributed by atoms with Gasteiger partial charge in [0.2, 0.25) is 0 Å². The molecule has 2 aromatic heterocycles. The molecule has 0 saturated carbocycles. The number of nitrogens with zero attached hydrogens (tertiary/aromatic N) is 2. The highest BCUT2D eigenvalue weighted by Crippen LogP contribution is 2.37. The van der Waals surface area contributed by atoms with Crippen LogP contribution in [0.3, 0.4) is 0 Å². The maximum absolute atomic E-state index is 12.3. The monoisotopic (exact) mass is 340 g/mol. The van der Waals surface area contributed by atoms with Crippen LogP contribution < -0.4 is 10.6 Å². The summed E-state index contributed by atoms with van der Waals surface area (Å²) in [4.78, 5) is 16.7. The standard InChI is InChI=1S/C18H17ClN4O/c1-10-13-7-12(19)8-14(11-3-4-15(20-2)22-9-11)17(13)23-6-5-21-18(24)16(10)23/h3-4,7-9H,5-6H2,1-2H3,(H,20,22)(H,21,24). The number of hydrogen-bond acceptors (Lipinski definition) is 3. The zero-order valence-electron chi connectivity index (χ0n) is 13.5. The molecule has 3 heterocycles. The molecule has 0 saturated heterocycles. The molecule has 1 aliphatic heterocycles. The molecule has 122 valence electrons. The lowest BCUT2D eigenvalue weighted by molar-refractivity contribution is 0.0928. The number of benzene rings is 1. The van der Waals surface area contributed by atoms with Gasteiger partial charge in [-0.1, -0.05) is 11.6 Å². The highest BCUT2D eigenvalue weighted by molar-refractivity contribution is 6.32. The predicted octanol–water partition coefficient (Wildman–Crippen LogP) is 3.45. The number of fused-ring (bicyclic) bond motifs is 3. The number of halogens is 1. The van der Waals surface area contributed by atoms with E-state index >= 15 is 0 Å². The number of aromatic nitrogens is 2. The number of carbonyl (C=O) groups is 1. The SMILES string of the molecule is CNc1ccc(-c2cc(Cl)cc3c(C)c4n(c23)CCNC4=O)cn1. The van der Waals surface area contributed by atoms with Crippen molar-refractivity contribution in [3.63, 3.8) is 0 Å². The van der Waals surface area contributed by atoms with Crippen LogP contribution in [0, 0.1) is 6.92 Å². The Morgan fingerprint density at radius 1 is 1.33 bits per heavy atom. The van der Waals surface area contributed by atoms with Crippen LogP contribution in [-0.2, 0) is 6.54 Å². The molecule has 1 aliphatic rings. The first-order chi connectivity index (χ1) is 11.6. The van der Waals surface area contributed by atoms with E-state index < -0.39 is 0 Å². The highest BCUT2D eigenvalue weighted by Gasteiger charge is 2.25. The molecule has 0 unspecified atom stereocenters. The molecule has 6 heteroatoms. The molecule has 0 fully saturated rings. The first-order valence-electron chi connectivity index (χ1n) is 7.85. The molecule has 2 N–H and O–H groups in total. The van der Waals surface area contributed by atoms with Crippen molar-refractivity contribution >= 4 is 34.2 Å². The fraction of sp³-hybridized carbons (Fsp3) is 0.222. The Morgan fingerprint density at radius 3 is 2.88 bits per heavy atom. The molecule has 3 aromatic rings. The summed E-state index contributed by atoms with van der Waals surface area (Å²) in [6, 6.07) is 7.83. The van der Waals surface area contributed by atoms with Crippen LogP contribution in [0.1, 0.15) is 16.1 Å². The van der Waals surface area contributed by atoms with Crippen molar-refractivity contribution in [3.05, 3.63) is 46.7 Å². The summed E-state index contributed by atoms with van der Waals surface area (Å²) in [7, 11) is 1.84. The van der Waals surface area contributed by atoms with Gasteiger partial charge in [0.15, 0.2) is 0 Å². The number of carbonyl (C=O) groups excluding carboxylic acids is 1. The molecule has 0 radical (unpaired) electrons. The van der Waals surface area contributed by atoms with E-state index in [0.717, 1.165) is 45.6 Å². The van der Waals surface area contributed by atoms with Crippen LogP contribution in [0.5, 0.6) is 0 Å². The first kappa shape index (κ1) is 15.0. The summed E-state index contributed by atoms with van der Waals surface area (Å²) in [6.45, 7) is 3.36. The molecular formula is C18H17ClN4O. The predicted molar refractivity (Wildman–Crippen MR) is 96.8 cm³/mol. The number of hydrogen-bond donors (Lipinski definition) is 2. The van der Waals surface area contributed by atoms with Gasteiger partial charge >= 0.3 is 0 Å². The Balaban J connectivity index is 2.04. The third kappa shape index (κ3) is 2.16. The van der Waals surface area contributed by atoms with Gasteiger partial charge in [-0.2, -0.15) is 0 Å². The largest absolute Gasteiger partial charge is 0.373 e. The number of aryl methyl sites for hydroxylation is 1. The van der Waals surface area contributed by atoms with Crippen LogP contribution in [0.15, 0.2) is 30.5 Å². The van der Waals surface area contributed by atoms with Gasteiger partial charge < -0.3 is 15.2 Å². The van der Waals surface area contributed by atoms with Crippen molar-refractivity contribution in [2.45, 2.75) is 13.5 Å². The van der Waals surface area contributed by atoms with E-state index in [4.69, 9.17) is 11.6 Å². The van der Waals surface area contributed by atoms with Crippen molar-refractivity contribution in [1.82, 2.24) is 14.9 Å². The van der Waals surface area contributed by atoms with E-state index in [2.05, 4.69) is 20.2 Å². The molecule has 4 rings (SSSR count). The van der Waals surface area contributed by atoms with Gasteiger partial charge in [0.05, 0.1) is 5.52 Å². The third-order valence-electron chi connectivity index (χ3n) is 4.54. The van der Waals surface area contributed by atoms with Crippen molar-refractivity contribution in [2.24, 2.45) is 0 Å². The maximum atomic E-state index is 12.3. The van der Waals surface area contributed by atoms with E-state index in [1.807, 2.05) is 44.4 Å². The van der Waals surface area contributed by atoms with Crippen molar-refractivity contribution in [1.29, 1.82) is 0 Å². The number of anilines is 1. The zero-order valence-corrected chi connectivity index (χ0v) is 14.2. The van der Waals surface area contributed by atoms with Crippen molar-refractivity contribution in [2.75, 3.05) is 18.9 Å². The van der Waals surface area contributed by atoms with Gasteiger partial charge in [-0.15, -0.1) is 0 Å². The van der Waals surface area contributed by atoms with E-state index in [0.29, 0.717) is 11.6 Å². The summed E-state index contributed by atoms with van der Waals surface area (Å²) >= 11 is 6.36. The number of rotatable bonds is 2. The average Bonchev–Trinajstić information content (AvgIpc) is 2.88. The Kier molecular flexibility index (Phi) is 3.46. The lowest BCUT2D eigenvalue weighted by atomic mass is 10.0. The summed E-state index contributed by atoms with van der Waals surface area (Å²) < 4.78 is 2.10. The maximum Gasteiger partial charge on any atom is 0.268 e. The second kappa shape index (κ2) is 5.53. The second-order valence-corrected chi connectivity index (χ2v) is 6.35. The first-order valence-corrected chi connectivity index (χ1v) is 8.22. The van der Waals surface area contributed by atoms with E-state index in [9.17, 15) is 4.79 Å². The van der Waals surface area contributed by atoms with Crippen molar-refractivity contribution in [3.8, 4) is 11.1 Å². The lowest BCUT2D eigenvalue weighted by Crippen LogP contribution is -2.35. The fourth-order valence-electron chi connectivity index (χ4n) is 3.42. The molecule has 0 spiro atoms. The highest BCUT2D eigenvalue weighted by atomic mass is 35.5. The van der Waals surface area contributed by atoms with E-state index in [1.54, 1.807) is 0 Å². The molecule has 1 aromatic carbocycles. The Hall–Kier alpha value is -2.53. The molecule has 1 amide bonds. The minimum atomic E-state index is -0.0271. The molecule has 0 aliphatic carbocycles. The quantitative estimate of drug-likeness (QED) is 0.751. The Bertz CT molecular complexity index is 960. The number of nitrogens with one attached hydrogen (secondary N) is 2. The Morgan fingerprint density at radius 2 is 2.17 bits per heavy atom. The molecule has 0 atom stereocenters. The van der Waals surface area contributed by atoms with Crippen LogP contribution in [0.2, 0.25) is 5.02 Å². The summed E-state index contributed by atoms with van der Waals surface area (Å²) in [6.07, 6.45) is 1.83. The second-order valence-electron chi connectivity index (χ2n) is 5.91. The van der Waals surface area contributed by atoms with E-state index in [1.165, 1.54) is 0 Å². The van der Waals surface area contributed by atoms with Crippen LogP contribution in [0.4, 0.5) is 5.82 Å². The van der Waals surface area contributed by atoms with Gasteiger partial charge in [-0.05, 0) is 36.8 Å². The molecular weight excluding hydrogens is 324 g/mol. The van der Waals surface area contributed by atoms with Gasteiger partial charge in [-0.3, -0.25) is 4.79 Å². The zero-order chi connectivity index (χ0) is 16.8. The number of amides is 1. The van der Waals surface area contributed by atoms with Gasteiger partial charge in [0.1, 0.15) is 11.5 Å². The Labute approximate surface area is 144 Å². The summed E-state index contributed by atoms with van der Waals surface area (Å²) in [5, 5.41) is 7.60. The summed E-state index contributed by atoms with van der Waals surface area (Å²) in [5.74, 6) is 0.783. The summed E-state index contributed by atoms with van der Waals surface area (Å²) in [5.41, 5.74) is 4.70. The van der Waals surface area contributed by atoms with Gasteiger partial charge in [0, 0.05) is 47.9 Å². The van der Waals surface area contributed by atoms with Crippen LogP contribution in [0.25, 0.3) is 22.0 Å². The lowest BCUT2D eigenvalue weighted by Gasteiger charge is -2.18. The minimum absolute atomic E-state index is 0.0271. The van der Waals surface area contributed by atoms with Crippen LogP contribution >= 0.6 is 11.6 Å². The third-order valence-corrected chi connectivity index (χ3v) is 4.76.